The molecule has 2 aromatic rings. The maximum absolute atomic E-state index is 4.79. The van der Waals surface area contributed by atoms with E-state index in [1.807, 2.05) is 37.0 Å². The Labute approximate surface area is 126 Å². The van der Waals surface area contributed by atoms with Crippen LogP contribution >= 0.6 is 0 Å². The molecule has 0 aromatic carbocycles. The van der Waals surface area contributed by atoms with Crippen LogP contribution in [0.3, 0.4) is 0 Å². The number of hydrogen-bond donors (Lipinski definition) is 0. The molecule has 1 fully saturated rings. The first-order valence-corrected chi connectivity index (χ1v) is 7.62. The first-order chi connectivity index (χ1) is 10.0. The van der Waals surface area contributed by atoms with E-state index in [2.05, 4.69) is 28.7 Å². The molecule has 5 nitrogen and oxygen atoms in total. The van der Waals surface area contributed by atoms with Gasteiger partial charge in [0.15, 0.2) is 5.82 Å². The van der Waals surface area contributed by atoms with E-state index in [-0.39, 0.29) is 0 Å². The van der Waals surface area contributed by atoms with Gasteiger partial charge in [0.05, 0.1) is 0 Å². The molecule has 1 saturated heterocycles. The number of imidazole rings is 1. The number of rotatable bonds is 3. The second-order valence-corrected chi connectivity index (χ2v) is 6.19. The molecule has 21 heavy (non-hydrogen) atoms. The fourth-order valence-corrected chi connectivity index (χ4v) is 2.97. The molecular formula is C16H23N5. The number of likely N-dealkylation sites (tertiary alicyclic amines) is 1. The Morgan fingerprint density at radius 3 is 2.71 bits per heavy atom. The summed E-state index contributed by atoms with van der Waals surface area (Å²) >= 11 is 0. The highest BCUT2D eigenvalue weighted by Crippen LogP contribution is 2.27. The lowest BCUT2D eigenvalue weighted by Crippen LogP contribution is -2.28. The van der Waals surface area contributed by atoms with Crippen molar-refractivity contribution in [3.63, 3.8) is 0 Å². The van der Waals surface area contributed by atoms with E-state index >= 15 is 0 Å². The van der Waals surface area contributed by atoms with Crippen LogP contribution in [-0.4, -0.2) is 43.6 Å². The molecule has 0 bridgehead atoms. The van der Waals surface area contributed by atoms with Crippen molar-refractivity contribution in [2.75, 3.05) is 13.1 Å². The maximum atomic E-state index is 4.79. The summed E-state index contributed by atoms with van der Waals surface area (Å²) in [5.41, 5.74) is 1.94. The third kappa shape index (κ3) is 2.83. The van der Waals surface area contributed by atoms with Crippen LogP contribution < -0.4 is 0 Å². The zero-order chi connectivity index (χ0) is 15.0. The molecule has 0 saturated carbocycles. The molecule has 3 rings (SSSR count). The highest BCUT2D eigenvalue weighted by molar-refractivity contribution is 5.50. The summed E-state index contributed by atoms with van der Waals surface area (Å²) in [6.45, 7) is 8.73. The quantitative estimate of drug-likeness (QED) is 0.868. The number of nitrogens with zero attached hydrogens (tertiary/aromatic N) is 5. The van der Waals surface area contributed by atoms with Crippen LogP contribution in [0.4, 0.5) is 0 Å². The van der Waals surface area contributed by atoms with Crippen molar-refractivity contribution in [1.29, 1.82) is 0 Å². The lowest BCUT2D eigenvalue weighted by Gasteiger charge is -2.20. The zero-order valence-corrected chi connectivity index (χ0v) is 13.2. The monoisotopic (exact) mass is 285 g/mol. The van der Waals surface area contributed by atoms with Crippen LogP contribution in [0.1, 0.15) is 37.7 Å². The molecule has 1 aliphatic rings. The molecule has 5 heteroatoms. The van der Waals surface area contributed by atoms with Gasteiger partial charge in [0.1, 0.15) is 11.5 Å². The Kier molecular flexibility index (Phi) is 3.76. The van der Waals surface area contributed by atoms with Crippen LogP contribution in [0.2, 0.25) is 0 Å². The van der Waals surface area contributed by atoms with Crippen LogP contribution in [0.5, 0.6) is 0 Å². The Morgan fingerprint density at radius 1 is 1.29 bits per heavy atom. The molecule has 1 atom stereocenters. The Hall–Kier alpha value is -1.75. The Bertz CT molecular complexity index is 631. The van der Waals surface area contributed by atoms with E-state index in [0.29, 0.717) is 12.0 Å². The molecule has 1 aliphatic heterocycles. The van der Waals surface area contributed by atoms with Crippen LogP contribution in [-0.2, 0) is 7.05 Å². The average Bonchev–Trinajstić information content (AvgIpc) is 3.06. The maximum Gasteiger partial charge on any atom is 0.158 e. The topological polar surface area (TPSA) is 46.8 Å². The van der Waals surface area contributed by atoms with E-state index in [4.69, 9.17) is 4.98 Å². The number of hydrogen-bond acceptors (Lipinski definition) is 4. The third-order valence-corrected chi connectivity index (χ3v) is 4.24. The minimum atomic E-state index is 0.436. The van der Waals surface area contributed by atoms with Crippen molar-refractivity contribution < 1.29 is 0 Å². The molecule has 0 radical (unpaired) electrons. The summed E-state index contributed by atoms with van der Waals surface area (Å²) in [7, 11) is 2.00. The van der Waals surface area contributed by atoms with Crippen molar-refractivity contribution in [2.45, 2.75) is 39.2 Å². The lowest BCUT2D eigenvalue weighted by atomic mass is 10.1. The van der Waals surface area contributed by atoms with E-state index in [9.17, 15) is 0 Å². The SMILES string of the molecule is Cc1cc(-c2nccn2C)nc([C@H]2CCN(C(C)C)C2)n1. The largest absolute Gasteiger partial charge is 0.333 e. The van der Waals surface area contributed by atoms with Gasteiger partial charge in [-0.25, -0.2) is 15.0 Å². The van der Waals surface area contributed by atoms with Crippen molar-refractivity contribution in [3.8, 4) is 11.5 Å². The molecule has 2 aromatic heterocycles. The van der Waals surface area contributed by atoms with Crippen LogP contribution in [0.25, 0.3) is 11.5 Å². The predicted octanol–water partition coefficient (Wildman–Crippen LogP) is 2.38. The van der Waals surface area contributed by atoms with Gasteiger partial charge in [0, 0.05) is 43.6 Å². The second kappa shape index (κ2) is 5.56. The highest BCUT2D eigenvalue weighted by atomic mass is 15.2. The molecule has 0 spiro atoms. The van der Waals surface area contributed by atoms with Crippen molar-refractivity contribution in [3.05, 3.63) is 30.0 Å². The summed E-state index contributed by atoms with van der Waals surface area (Å²) < 4.78 is 2.00. The highest BCUT2D eigenvalue weighted by Gasteiger charge is 2.28. The van der Waals surface area contributed by atoms with Gasteiger partial charge in [0.2, 0.25) is 0 Å². The van der Waals surface area contributed by atoms with Gasteiger partial charge in [-0.15, -0.1) is 0 Å². The summed E-state index contributed by atoms with van der Waals surface area (Å²) in [5, 5.41) is 0. The van der Waals surface area contributed by atoms with E-state index in [1.165, 1.54) is 0 Å². The average molecular weight is 285 g/mol. The normalized spacial score (nSPS) is 19.6. The molecule has 0 unspecified atom stereocenters. The summed E-state index contributed by atoms with van der Waals surface area (Å²) in [6.07, 6.45) is 4.90. The van der Waals surface area contributed by atoms with Gasteiger partial charge >= 0.3 is 0 Å². The second-order valence-electron chi connectivity index (χ2n) is 6.19. The molecule has 0 aliphatic carbocycles. The molecular weight excluding hydrogens is 262 g/mol. The molecule has 3 heterocycles. The summed E-state index contributed by atoms with van der Waals surface area (Å²) in [5.74, 6) is 2.31. The smallest absolute Gasteiger partial charge is 0.158 e. The molecule has 112 valence electrons. The first kappa shape index (κ1) is 14.2. The van der Waals surface area contributed by atoms with Gasteiger partial charge in [-0.05, 0) is 39.8 Å². The number of aryl methyl sites for hydroxylation is 2. The zero-order valence-electron chi connectivity index (χ0n) is 13.2. The van der Waals surface area contributed by atoms with Gasteiger partial charge < -0.3 is 9.47 Å². The van der Waals surface area contributed by atoms with E-state index in [1.54, 1.807) is 0 Å². The van der Waals surface area contributed by atoms with Gasteiger partial charge in [-0.2, -0.15) is 0 Å². The van der Waals surface area contributed by atoms with Crippen LogP contribution in [0, 0.1) is 6.92 Å². The first-order valence-electron chi connectivity index (χ1n) is 7.62. The van der Waals surface area contributed by atoms with Crippen molar-refractivity contribution in [1.82, 2.24) is 24.4 Å². The lowest BCUT2D eigenvalue weighted by molar-refractivity contribution is 0.272. The van der Waals surface area contributed by atoms with Crippen LogP contribution in [0.15, 0.2) is 18.5 Å². The van der Waals surface area contributed by atoms with Crippen molar-refractivity contribution >= 4 is 0 Å². The summed E-state index contributed by atoms with van der Waals surface area (Å²) in [6, 6.07) is 2.61. The van der Waals surface area contributed by atoms with Gasteiger partial charge in [-0.1, -0.05) is 0 Å². The minimum absolute atomic E-state index is 0.436. The van der Waals surface area contributed by atoms with Gasteiger partial charge in [-0.3, -0.25) is 0 Å². The Morgan fingerprint density at radius 2 is 2.10 bits per heavy atom. The minimum Gasteiger partial charge on any atom is -0.333 e. The fraction of sp³-hybridized carbons (Fsp3) is 0.562. The predicted molar refractivity (Wildman–Crippen MR) is 83.0 cm³/mol. The number of aromatic nitrogens is 4. The van der Waals surface area contributed by atoms with Gasteiger partial charge in [0.25, 0.3) is 0 Å². The van der Waals surface area contributed by atoms with Crippen molar-refractivity contribution in [2.24, 2.45) is 7.05 Å². The van der Waals surface area contributed by atoms with E-state index < -0.39 is 0 Å². The van der Waals surface area contributed by atoms with E-state index in [0.717, 1.165) is 42.5 Å². The standard InChI is InChI=1S/C16H23N5/c1-11(2)21-7-5-13(10-21)15-18-12(3)9-14(19-15)16-17-6-8-20(16)4/h6,8-9,11,13H,5,7,10H2,1-4H3/t13-/m0/s1. The third-order valence-electron chi connectivity index (χ3n) is 4.24. The molecule has 0 N–H and O–H groups in total. The Balaban J connectivity index is 1.91. The fourth-order valence-electron chi connectivity index (χ4n) is 2.97. The summed E-state index contributed by atoms with van der Waals surface area (Å²) in [4.78, 5) is 16.4. The molecule has 0 amide bonds.